The van der Waals surface area contributed by atoms with Crippen molar-refractivity contribution >= 4 is 23.5 Å². The number of aromatic nitrogens is 1. The minimum absolute atomic E-state index is 0.00695. The Morgan fingerprint density at radius 2 is 2.37 bits per heavy atom. The van der Waals surface area contributed by atoms with Gasteiger partial charge in [-0.15, -0.1) is 0 Å². The summed E-state index contributed by atoms with van der Waals surface area (Å²) in [6.07, 6.45) is 7.28. The second kappa shape index (κ2) is 6.80. The van der Waals surface area contributed by atoms with Gasteiger partial charge in [0.25, 0.3) is 5.91 Å². The molecule has 5 heteroatoms. The molecule has 2 atom stereocenters. The van der Waals surface area contributed by atoms with E-state index >= 15 is 0 Å². The Hall–Kier alpha value is -1.23. The maximum absolute atomic E-state index is 12.2. The lowest BCUT2D eigenvalue weighted by Crippen LogP contribution is -2.38. The topological polar surface area (TPSA) is 54.0 Å². The second-order valence-corrected chi connectivity index (χ2v) is 5.82. The molecule has 104 valence electrons. The van der Waals surface area contributed by atoms with Crippen LogP contribution in [0.15, 0.2) is 18.3 Å². The molecule has 1 aromatic heterocycles. The molecule has 0 aromatic carbocycles. The van der Waals surface area contributed by atoms with Gasteiger partial charge in [-0.05, 0) is 38.2 Å². The first-order valence-electron chi connectivity index (χ1n) is 6.78. The van der Waals surface area contributed by atoms with E-state index in [4.69, 9.17) is 0 Å². The Morgan fingerprint density at radius 1 is 1.53 bits per heavy atom. The fraction of sp³-hybridized carbons (Fsp3) is 0.571. The predicted molar refractivity (Wildman–Crippen MR) is 80.8 cm³/mol. The fourth-order valence-corrected chi connectivity index (χ4v) is 3.41. The lowest BCUT2D eigenvalue weighted by molar-refractivity contribution is 0.0938. The maximum Gasteiger partial charge on any atom is 0.251 e. The van der Waals surface area contributed by atoms with Crippen LogP contribution in [0.4, 0.5) is 5.82 Å². The van der Waals surface area contributed by atoms with Crippen LogP contribution in [-0.4, -0.2) is 35.0 Å². The molecule has 0 bridgehead atoms. The maximum atomic E-state index is 12.2. The number of carbonyl (C=O) groups excluding carboxylic acids is 1. The third-order valence-corrected chi connectivity index (χ3v) is 4.62. The molecule has 1 aliphatic rings. The van der Waals surface area contributed by atoms with E-state index in [0.717, 1.165) is 18.8 Å². The van der Waals surface area contributed by atoms with E-state index in [1.54, 1.807) is 12.3 Å². The van der Waals surface area contributed by atoms with E-state index in [1.807, 2.05) is 24.8 Å². The van der Waals surface area contributed by atoms with Gasteiger partial charge in [-0.3, -0.25) is 4.79 Å². The number of anilines is 1. The van der Waals surface area contributed by atoms with Crippen molar-refractivity contribution in [2.75, 3.05) is 18.1 Å². The highest BCUT2D eigenvalue weighted by molar-refractivity contribution is 7.99. The van der Waals surface area contributed by atoms with Crippen molar-refractivity contribution in [3.63, 3.8) is 0 Å². The SMILES string of the molecule is CCNc1cc(C(=O)NC2CCCC2SC)ccn1. The molecule has 1 heterocycles. The summed E-state index contributed by atoms with van der Waals surface area (Å²) in [4.78, 5) is 16.4. The van der Waals surface area contributed by atoms with Crippen LogP contribution in [0.5, 0.6) is 0 Å². The highest BCUT2D eigenvalue weighted by atomic mass is 32.2. The molecule has 1 saturated carbocycles. The molecule has 1 aromatic rings. The van der Waals surface area contributed by atoms with Gasteiger partial charge in [0.2, 0.25) is 0 Å². The van der Waals surface area contributed by atoms with Crippen molar-refractivity contribution in [1.82, 2.24) is 10.3 Å². The smallest absolute Gasteiger partial charge is 0.251 e. The zero-order valence-corrected chi connectivity index (χ0v) is 12.3. The summed E-state index contributed by atoms with van der Waals surface area (Å²) in [5, 5.41) is 6.83. The normalized spacial score (nSPS) is 22.2. The van der Waals surface area contributed by atoms with Gasteiger partial charge in [-0.2, -0.15) is 11.8 Å². The molecule has 2 N–H and O–H groups in total. The van der Waals surface area contributed by atoms with Crippen LogP contribution in [-0.2, 0) is 0 Å². The second-order valence-electron chi connectivity index (χ2n) is 4.75. The first-order chi connectivity index (χ1) is 9.24. The van der Waals surface area contributed by atoms with Crippen LogP contribution in [0.2, 0.25) is 0 Å². The van der Waals surface area contributed by atoms with Gasteiger partial charge in [-0.25, -0.2) is 4.98 Å². The summed E-state index contributed by atoms with van der Waals surface area (Å²) in [7, 11) is 0. The third-order valence-electron chi connectivity index (χ3n) is 3.45. The van der Waals surface area contributed by atoms with E-state index in [9.17, 15) is 4.79 Å². The Balaban J connectivity index is 2.01. The number of carbonyl (C=O) groups is 1. The molecule has 2 unspecified atom stereocenters. The number of amides is 1. The number of thioether (sulfide) groups is 1. The predicted octanol–water partition coefficient (Wildman–Crippen LogP) is 2.53. The summed E-state index contributed by atoms with van der Waals surface area (Å²) < 4.78 is 0. The molecule has 1 aliphatic carbocycles. The number of pyridine rings is 1. The molecule has 0 aliphatic heterocycles. The fourth-order valence-electron chi connectivity index (χ4n) is 2.47. The van der Waals surface area contributed by atoms with E-state index < -0.39 is 0 Å². The van der Waals surface area contributed by atoms with Gasteiger partial charge in [0, 0.05) is 29.6 Å². The van der Waals surface area contributed by atoms with Crippen LogP contribution >= 0.6 is 11.8 Å². The van der Waals surface area contributed by atoms with Gasteiger partial charge in [0.05, 0.1) is 0 Å². The zero-order chi connectivity index (χ0) is 13.7. The van der Waals surface area contributed by atoms with Crippen LogP contribution in [0.1, 0.15) is 36.5 Å². The molecular weight excluding hydrogens is 258 g/mol. The van der Waals surface area contributed by atoms with Crippen molar-refractivity contribution in [2.24, 2.45) is 0 Å². The quantitative estimate of drug-likeness (QED) is 0.869. The molecule has 0 radical (unpaired) electrons. The molecular formula is C14H21N3OS. The minimum Gasteiger partial charge on any atom is -0.370 e. The van der Waals surface area contributed by atoms with E-state index in [-0.39, 0.29) is 5.91 Å². The van der Waals surface area contributed by atoms with Crippen molar-refractivity contribution in [1.29, 1.82) is 0 Å². The van der Waals surface area contributed by atoms with Crippen molar-refractivity contribution in [2.45, 2.75) is 37.5 Å². The zero-order valence-electron chi connectivity index (χ0n) is 11.5. The van der Waals surface area contributed by atoms with Gasteiger partial charge in [0.1, 0.15) is 5.82 Å². The molecule has 0 spiro atoms. The standard InChI is InChI=1S/C14H21N3OS/c1-3-15-13-9-10(7-8-16-13)14(18)17-11-5-4-6-12(11)19-2/h7-9,11-12H,3-6H2,1-2H3,(H,15,16)(H,17,18). The molecule has 0 saturated heterocycles. The van der Waals surface area contributed by atoms with Crippen molar-refractivity contribution in [3.8, 4) is 0 Å². The number of nitrogens with one attached hydrogen (secondary N) is 2. The first kappa shape index (κ1) is 14.2. The summed E-state index contributed by atoms with van der Waals surface area (Å²) >= 11 is 1.85. The highest BCUT2D eigenvalue weighted by Gasteiger charge is 2.27. The summed E-state index contributed by atoms with van der Waals surface area (Å²) in [6.45, 7) is 2.81. The van der Waals surface area contributed by atoms with Crippen LogP contribution in [0, 0.1) is 0 Å². The Morgan fingerprint density at radius 3 is 3.11 bits per heavy atom. The Bertz CT molecular complexity index is 438. The Kier molecular flexibility index (Phi) is 5.07. The highest BCUT2D eigenvalue weighted by Crippen LogP contribution is 2.28. The number of rotatable bonds is 5. The lowest BCUT2D eigenvalue weighted by Gasteiger charge is -2.19. The van der Waals surface area contributed by atoms with E-state index in [1.165, 1.54) is 12.8 Å². The minimum atomic E-state index is 0.00695. The molecule has 1 amide bonds. The van der Waals surface area contributed by atoms with Gasteiger partial charge >= 0.3 is 0 Å². The summed E-state index contributed by atoms with van der Waals surface area (Å²) in [6, 6.07) is 3.87. The summed E-state index contributed by atoms with van der Waals surface area (Å²) in [5.74, 6) is 0.760. The summed E-state index contributed by atoms with van der Waals surface area (Å²) in [5.41, 5.74) is 0.678. The van der Waals surface area contributed by atoms with Crippen molar-refractivity contribution in [3.05, 3.63) is 23.9 Å². The molecule has 19 heavy (non-hydrogen) atoms. The Labute approximate surface area is 118 Å². The van der Waals surface area contributed by atoms with E-state index in [0.29, 0.717) is 16.9 Å². The number of hydrogen-bond acceptors (Lipinski definition) is 4. The van der Waals surface area contributed by atoms with Crippen molar-refractivity contribution < 1.29 is 4.79 Å². The van der Waals surface area contributed by atoms with Crippen LogP contribution in [0.3, 0.4) is 0 Å². The lowest BCUT2D eigenvalue weighted by atomic mass is 10.2. The number of hydrogen-bond donors (Lipinski definition) is 2. The van der Waals surface area contributed by atoms with Gasteiger partial charge in [0.15, 0.2) is 0 Å². The molecule has 2 rings (SSSR count). The number of nitrogens with zero attached hydrogens (tertiary/aromatic N) is 1. The largest absolute Gasteiger partial charge is 0.370 e. The van der Waals surface area contributed by atoms with Gasteiger partial charge < -0.3 is 10.6 Å². The molecule has 4 nitrogen and oxygen atoms in total. The van der Waals surface area contributed by atoms with Gasteiger partial charge in [-0.1, -0.05) is 6.42 Å². The molecule has 1 fully saturated rings. The van der Waals surface area contributed by atoms with Crippen LogP contribution < -0.4 is 10.6 Å². The third kappa shape index (κ3) is 3.62. The van der Waals surface area contributed by atoms with Crippen LogP contribution in [0.25, 0.3) is 0 Å². The monoisotopic (exact) mass is 279 g/mol. The first-order valence-corrected chi connectivity index (χ1v) is 8.07. The van der Waals surface area contributed by atoms with E-state index in [2.05, 4.69) is 21.9 Å². The average Bonchev–Trinajstić information content (AvgIpc) is 2.86. The average molecular weight is 279 g/mol.